The Balaban J connectivity index is 2.07. The molecule has 2 saturated carbocycles. The SMILES string of the molecule is COCCCC=C1C2(C)CCC(C2)C1(C)C. The van der Waals surface area contributed by atoms with Crippen LogP contribution >= 0.6 is 0 Å². The lowest BCUT2D eigenvalue weighted by Crippen LogP contribution is -2.26. The molecule has 2 aliphatic carbocycles. The van der Waals surface area contributed by atoms with Gasteiger partial charge in [-0.05, 0) is 48.9 Å². The highest BCUT2D eigenvalue weighted by Gasteiger charge is 2.55. The highest BCUT2D eigenvalue weighted by molar-refractivity contribution is 5.31. The molecule has 0 aliphatic heterocycles. The van der Waals surface area contributed by atoms with Crippen molar-refractivity contribution < 1.29 is 4.74 Å². The largest absolute Gasteiger partial charge is 0.385 e. The van der Waals surface area contributed by atoms with E-state index >= 15 is 0 Å². The molecule has 1 heteroatoms. The third kappa shape index (κ3) is 1.84. The fraction of sp³-hybridized carbons (Fsp3) is 0.867. The number of unbranched alkanes of at least 4 members (excludes halogenated alkanes) is 1. The van der Waals surface area contributed by atoms with Crippen LogP contribution in [-0.2, 0) is 4.74 Å². The lowest BCUT2D eigenvalue weighted by atomic mass is 9.68. The zero-order valence-electron chi connectivity index (χ0n) is 11.3. The van der Waals surface area contributed by atoms with E-state index in [4.69, 9.17) is 4.74 Å². The molecule has 2 aliphatic rings. The van der Waals surface area contributed by atoms with Crippen LogP contribution in [0.4, 0.5) is 0 Å². The van der Waals surface area contributed by atoms with Gasteiger partial charge in [-0.2, -0.15) is 0 Å². The van der Waals surface area contributed by atoms with Crippen molar-refractivity contribution in [2.75, 3.05) is 13.7 Å². The standard InChI is InChI=1S/C15H26O/c1-14(2)12-8-9-15(3,11-12)13(14)7-5-6-10-16-4/h7,12H,5-6,8-11H2,1-4H3. The van der Waals surface area contributed by atoms with Crippen LogP contribution in [0.15, 0.2) is 11.6 Å². The highest BCUT2D eigenvalue weighted by atomic mass is 16.5. The number of hydrogen-bond donors (Lipinski definition) is 0. The zero-order chi connectivity index (χ0) is 11.8. The van der Waals surface area contributed by atoms with Gasteiger partial charge in [0.05, 0.1) is 0 Å². The summed E-state index contributed by atoms with van der Waals surface area (Å²) in [4.78, 5) is 0. The van der Waals surface area contributed by atoms with Gasteiger partial charge in [0.15, 0.2) is 0 Å². The molecule has 0 N–H and O–H groups in total. The van der Waals surface area contributed by atoms with Crippen molar-refractivity contribution in [3.63, 3.8) is 0 Å². The summed E-state index contributed by atoms with van der Waals surface area (Å²) < 4.78 is 5.12. The van der Waals surface area contributed by atoms with Gasteiger partial charge in [-0.25, -0.2) is 0 Å². The van der Waals surface area contributed by atoms with Gasteiger partial charge in [0.2, 0.25) is 0 Å². The minimum atomic E-state index is 0.458. The van der Waals surface area contributed by atoms with E-state index in [1.54, 1.807) is 12.7 Å². The topological polar surface area (TPSA) is 9.23 Å². The van der Waals surface area contributed by atoms with Crippen LogP contribution in [-0.4, -0.2) is 13.7 Å². The Bertz CT molecular complexity index is 283. The van der Waals surface area contributed by atoms with Gasteiger partial charge in [-0.3, -0.25) is 0 Å². The van der Waals surface area contributed by atoms with E-state index in [1.165, 1.54) is 25.7 Å². The fourth-order valence-electron chi connectivity index (χ4n) is 4.08. The van der Waals surface area contributed by atoms with Crippen molar-refractivity contribution in [3.8, 4) is 0 Å². The first-order valence-corrected chi connectivity index (χ1v) is 6.71. The summed E-state index contributed by atoms with van der Waals surface area (Å²) >= 11 is 0. The van der Waals surface area contributed by atoms with E-state index in [1.807, 2.05) is 0 Å². The molecule has 2 rings (SSSR count). The summed E-state index contributed by atoms with van der Waals surface area (Å²) in [5.74, 6) is 0.936. The lowest BCUT2D eigenvalue weighted by Gasteiger charge is -2.37. The monoisotopic (exact) mass is 222 g/mol. The van der Waals surface area contributed by atoms with Crippen LogP contribution in [0.2, 0.25) is 0 Å². The maximum Gasteiger partial charge on any atom is 0.0465 e. The predicted molar refractivity (Wildman–Crippen MR) is 68.4 cm³/mol. The summed E-state index contributed by atoms with van der Waals surface area (Å²) in [6.45, 7) is 8.27. The van der Waals surface area contributed by atoms with Gasteiger partial charge in [0.25, 0.3) is 0 Å². The quantitative estimate of drug-likeness (QED) is 0.512. The Morgan fingerprint density at radius 1 is 1.38 bits per heavy atom. The van der Waals surface area contributed by atoms with Crippen molar-refractivity contribution >= 4 is 0 Å². The Morgan fingerprint density at radius 2 is 2.12 bits per heavy atom. The molecular formula is C15H26O. The van der Waals surface area contributed by atoms with Gasteiger partial charge in [0, 0.05) is 13.7 Å². The molecule has 2 bridgehead atoms. The molecule has 0 amide bonds. The predicted octanol–water partition coefficient (Wildman–Crippen LogP) is 4.19. The Morgan fingerprint density at radius 3 is 2.69 bits per heavy atom. The molecule has 0 aromatic rings. The minimum absolute atomic E-state index is 0.458. The smallest absolute Gasteiger partial charge is 0.0465 e. The Kier molecular flexibility index (Phi) is 3.18. The molecule has 0 radical (unpaired) electrons. The number of methoxy groups -OCH3 is 1. The van der Waals surface area contributed by atoms with Crippen molar-refractivity contribution in [1.82, 2.24) is 0 Å². The molecule has 2 fully saturated rings. The second-order valence-corrected chi connectivity index (χ2v) is 6.47. The van der Waals surface area contributed by atoms with Gasteiger partial charge < -0.3 is 4.74 Å². The molecule has 0 saturated heterocycles. The van der Waals surface area contributed by atoms with E-state index in [0.29, 0.717) is 10.8 Å². The maximum absolute atomic E-state index is 5.12. The minimum Gasteiger partial charge on any atom is -0.385 e. The van der Waals surface area contributed by atoms with Crippen LogP contribution in [0.5, 0.6) is 0 Å². The van der Waals surface area contributed by atoms with Gasteiger partial charge in [-0.1, -0.05) is 32.4 Å². The molecule has 0 spiro atoms. The van der Waals surface area contributed by atoms with Gasteiger partial charge in [-0.15, -0.1) is 0 Å². The highest BCUT2D eigenvalue weighted by Crippen LogP contribution is 2.65. The first-order valence-electron chi connectivity index (χ1n) is 6.71. The molecule has 0 heterocycles. The molecule has 2 unspecified atom stereocenters. The summed E-state index contributed by atoms with van der Waals surface area (Å²) in [6.07, 6.45) is 9.16. The molecule has 0 aromatic heterocycles. The third-order valence-corrected chi connectivity index (χ3v) is 5.01. The van der Waals surface area contributed by atoms with Crippen molar-refractivity contribution in [2.45, 2.75) is 52.9 Å². The lowest BCUT2D eigenvalue weighted by molar-refractivity contribution is 0.195. The summed E-state index contributed by atoms with van der Waals surface area (Å²) in [6, 6.07) is 0. The maximum atomic E-state index is 5.12. The average molecular weight is 222 g/mol. The van der Waals surface area contributed by atoms with Crippen molar-refractivity contribution in [2.24, 2.45) is 16.7 Å². The molecule has 16 heavy (non-hydrogen) atoms. The number of fused-ring (bicyclic) bond motifs is 2. The number of allylic oxidation sites excluding steroid dienone is 2. The number of rotatable bonds is 4. The summed E-state index contributed by atoms with van der Waals surface area (Å²) in [5, 5.41) is 0. The number of hydrogen-bond acceptors (Lipinski definition) is 1. The van der Waals surface area contributed by atoms with Gasteiger partial charge in [0.1, 0.15) is 0 Å². The van der Waals surface area contributed by atoms with Crippen LogP contribution in [0.1, 0.15) is 52.9 Å². The van der Waals surface area contributed by atoms with Crippen molar-refractivity contribution in [1.29, 1.82) is 0 Å². The average Bonchev–Trinajstić information content (AvgIpc) is 2.68. The first kappa shape index (κ1) is 12.2. The summed E-state index contributed by atoms with van der Waals surface area (Å²) in [7, 11) is 1.79. The number of ether oxygens (including phenoxy) is 1. The van der Waals surface area contributed by atoms with Crippen LogP contribution in [0, 0.1) is 16.7 Å². The second-order valence-electron chi connectivity index (χ2n) is 6.47. The fourth-order valence-corrected chi connectivity index (χ4v) is 4.08. The zero-order valence-corrected chi connectivity index (χ0v) is 11.3. The third-order valence-electron chi connectivity index (χ3n) is 5.01. The van der Waals surface area contributed by atoms with E-state index in [9.17, 15) is 0 Å². The van der Waals surface area contributed by atoms with E-state index in [-0.39, 0.29) is 0 Å². The van der Waals surface area contributed by atoms with E-state index in [2.05, 4.69) is 26.8 Å². The molecule has 1 nitrogen and oxygen atoms in total. The Labute approximate surface area is 100 Å². The van der Waals surface area contributed by atoms with Crippen LogP contribution in [0.25, 0.3) is 0 Å². The molecular weight excluding hydrogens is 196 g/mol. The van der Waals surface area contributed by atoms with E-state index < -0.39 is 0 Å². The normalized spacial score (nSPS) is 38.5. The molecule has 92 valence electrons. The molecule has 0 aromatic carbocycles. The van der Waals surface area contributed by atoms with E-state index in [0.717, 1.165) is 18.9 Å². The molecule has 2 atom stereocenters. The van der Waals surface area contributed by atoms with Gasteiger partial charge >= 0.3 is 0 Å². The Hall–Kier alpha value is -0.300. The summed E-state index contributed by atoms with van der Waals surface area (Å²) in [5.41, 5.74) is 2.73. The van der Waals surface area contributed by atoms with Crippen molar-refractivity contribution in [3.05, 3.63) is 11.6 Å². The first-order chi connectivity index (χ1) is 7.50. The van der Waals surface area contributed by atoms with Crippen LogP contribution in [0.3, 0.4) is 0 Å². The van der Waals surface area contributed by atoms with Crippen LogP contribution < -0.4 is 0 Å². The second kappa shape index (κ2) is 4.18.